The minimum atomic E-state index is -0.0245. The number of benzene rings is 1. The van der Waals surface area contributed by atoms with Crippen LogP contribution in [0.3, 0.4) is 0 Å². The van der Waals surface area contributed by atoms with Gasteiger partial charge in [-0.3, -0.25) is 0 Å². The molecule has 0 fully saturated rings. The van der Waals surface area contributed by atoms with Crippen molar-refractivity contribution in [2.45, 2.75) is 17.2 Å². The lowest BCUT2D eigenvalue weighted by molar-refractivity contribution is 0.411. The van der Waals surface area contributed by atoms with Gasteiger partial charge in [-0.1, -0.05) is 52.8 Å². The van der Waals surface area contributed by atoms with Gasteiger partial charge in [-0.25, -0.2) is 4.98 Å². The van der Waals surface area contributed by atoms with E-state index in [9.17, 15) is 0 Å². The van der Waals surface area contributed by atoms with Crippen LogP contribution in [0.25, 0.3) is 0 Å². The molecule has 5 heteroatoms. The Balaban J connectivity index is 1.97. The SMILES string of the molecule is Cc1cccc(C(Sc2ccccn2)c2ncon2)c1. The molecule has 100 valence electrons. The summed E-state index contributed by atoms with van der Waals surface area (Å²) in [5.74, 6) is 0.659. The van der Waals surface area contributed by atoms with Crippen molar-refractivity contribution in [1.82, 2.24) is 15.1 Å². The minimum absolute atomic E-state index is 0.0245. The largest absolute Gasteiger partial charge is 0.343 e. The van der Waals surface area contributed by atoms with E-state index in [2.05, 4.69) is 40.2 Å². The molecular formula is C15H13N3OS. The van der Waals surface area contributed by atoms with Crippen LogP contribution in [0.2, 0.25) is 0 Å². The lowest BCUT2D eigenvalue weighted by Crippen LogP contribution is -2.00. The molecule has 4 nitrogen and oxygen atoms in total. The molecule has 0 aliphatic carbocycles. The minimum Gasteiger partial charge on any atom is -0.343 e. The van der Waals surface area contributed by atoms with Gasteiger partial charge in [-0.15, -0.1) is 0 Å². The summed E-state index contributed by atoms with van der Waals surface area (Å²) in [6.07, 6.45) is 3.14. The zero-order valence-electron chi connectivity index (χ0n) is 10.9. The number of aryl methyl sites for hydroxylation is 1. The number of hydrogen-bond acceptors (Lipinski definition) is 5. The van der Waals surface area contributed by atoms with Crippen LogP contribution in [-0.2, 0) is 0 Å². The van der Waals surface area contributed by atoms with Crippen molar-refractivity contribution in [1.29, 1.82) is 0 Å². The Morgan fingerprint density at radius 3 is 2.75 bits per heavy atom. The summed E-state index contributed by atoms with van der Waals surface area (Å²) in [7, 11) is 0. The number of thioether (sulfide) groups is 1. The Hall–Kier alpha value is -2.14. The molecule has 1 atom stereocenters. The van der Waals surface area contributed by atoms with Gasteiger partial charge in [0.25, 0.3) is 0 Å². The average Bonchev–Trinajstić information content (AvgIpc) is 3.00. The molecule has 0 saturated heterocycles. The Morgan fingerprint density at radius 2 is 2.05 bits per heavy atom. The molecule has 1 aromatic carbocycles. The lowest BCUT2D eigenvalue weighted by Gasteiger charge is -2.13. The van der Waals surface area contributed by atoms with E-state index in [-0.39, 0.29) is 5.25 Å². The molecule has 0 saturated carbocycles. The fraction of sp³-hybridized carbons (Fsp3) is 0.133. The van der Waals surface area contributed by atoms with E-state index in [4.69, 9.17) is 4.52 Å². The van der Waals surface area contributed by atoms with Crippen molar-refractivity contribution >= 4 is 11.8 Å². The molecule has 0 aliphatic heterocycles. The van der Waals surface area contributed by atoms with Crippen LogP contribution in [0.4, 0.5) is 0 Å². The van der Waals surface area contributed by atoms with Crippen LogP contribution in [0.1, 0.15) is 22.2 Å². The number of pyridine rings is 1. The second-order valence-electron chi connectivity index (χ2n) is 4.37. The van der Waals surface area contributed by atoms with Crippen LogP contribution < -0.4 is 0 Å². The summed E-state index contributed by atoms with van der Waals surface area (Å²) in [4.78, 5) is 8.55. The second kappa shape index (κ2) is 5.88. The van der Waals surface area contributed by atoms with E-state index in [1.807, 2.05) is 24.3 Å². The molecule has 3 rings (SSSR count). The van der Waals surface area contributed by atoms with Crippen molar-refractivity contribution < 1.29 is 4.52 Å². The van der Waals surface area contributed by atoms with Crippen LogP contribution in [-0.4, -0.2) is 15.1 Å². The Labute approximate surface area is 121 Å². The molecule has 2 heterocycles. The highest BCUT2D eigenvalue weighted by molar-refractivity contribution is 7.99. The van der Waals surface area contributed by atoms with Gasteiger partial charge in [-0.2, -0.15) is 4.98 Å². The molecule has 0 amide bonds. The predicted molar refractivity (Wildman–Crippen MR) is 77.4 cm³/mol. The van der Waals surface area contributed by atoms with Gasteiger partial charge >= 0.3 is 0 Å². The summed E-state index contributed by atoms with van der Waals surface area (Å²) < 4.78 is 4.89. The van der Waals surface area contributed by atoms with Gasteiger partial charge in [-0.05, 0) is 24.6 Å². The van der Waals surface area contributed by atoms with Crippen LogP contribution >= 0.6 is 11.8 Å². The van der Waals surface area contributed by atoms with E-state index in [0.717, 1.165) is 10.6 Å². The summed E-state index contributed by atoms with van der Waals surface area (Å²) in [6.45, 7) is 2.07. The first-order chi connectivity index (χ1) is 9.83. The third-order valence-corrected chi connectivity index (χ3v) is 4.04. The molecule has 0 N–H and O–H groups in total. The molecular weight excluding hydrogens is 270 g/mol. The van der Waals surface area contributed by atoms with E-state index < -0.39 is 0 Å². The third-order valence-electron chi connectivity index (χ3n) is 2.83. The van der Waals surface area contributed by atoms with Crippen molar-refractivity contribution in [3.05, 3.63) is 72.0 Å². The zero-order chi connectivity index (χ0) is 13.8. The molecule has 3 aromatic rings. The van der Waals surface area contributed by atoms with Crippen LogP contribution in [0, 0.1) is 6.92 Å². The summed E-state index contributed by atoms with van der Waals surface area (Å²) in [5.41, 5.74) is 2.35. The first-order valence-electron chi connectivity index (χ1n) is 6.23. The van der Waals surface area contributed by atoms with Crippen molar-refractivity contribution in [2.75, 3.05) is 0 Å². The number of nitrogens with zero attached hydrogens (tertiary/aromatic N) is 3. The summed E-state index contributed by atoms with van der Waals surface area (Å²) >= 11 is 1.61. The lowest BCUT2D eigenvalue weighted by atomic mass is 10.1. The number of hydrogen-bond donors (Lipinski definition) is 0. The van der Waals surface area contributed by atoms with Gasteiger partial charge in [0.1, 0.15) is 0 Å². The Kier molecular flexibility index (Phi) is 3.78. The van der Waals surface area contributed by atoms with Crippen molar-refractivity contribution in [3.63, 3.8) is 0 Å². The third kappa shape index (κ3) is 2.88. The molecule has 0 radical (unpaired) electrons. The zero-order valence-corrected chi connectivity index (χ0v) is 11.7. The average molecular weight is 283 g/mol. The fourth-order valence-corrected chi connectivity index (χ4v) is 2.95. The highest BCUT2D eigenvalue weighted by atomic mass is 32.2. The van der Waals surface area contributed by atoms with Gasteiger partial charge in [0.15, 0.2) is 5.82 Å². The summed E-state index contributed by atoms with van der Waals surface area (Å²) in [6, 6.07) is 14.2. The molecule has 0 bridgehead atoms. The molecule has 0 aliphatic rings. The maximum atomic E-state index is 4.89. The highest BCUT2D eigenvalue weighted by Crippen LogP contribution is 2.38. The van der Waals surface area contributed by atoms with Gasteiger partial charge < -0.3 is 4.52 Å². The van der Waals surface area contributed by atoms with Gasteiger partial charge in [0.2, 0.25) is 6.39 Å². The van der Waals surface area contributed by atoms with Crippen molar-refractivity contribution in [2.24, 2.45) is 0 Å². The molecule has 20 heavy (non-hydrogen) atoms. The van der Waals surface area contributed by atoms with Crippen LogP contribution in [0.15, 0.2) is 64.6 Å². The monoisotopic (exact) mass is 283 g/mol. The topological polar surface area (TPSA) is 51.8 Å². The first-order valence-corrected chi connectivity index (χ1v) is 7.11. The normalized spacial score (nSPS) is 12.2. The first kappa shape index (κ1) is 12.9. The number of aromatic nitrogens is 3. The van der Waals surface area contributed by atoms with Gasteiger partial charge in [0.05, 0.1) is 10.3 Å². The Bertz CT molecular complexity index is 671. The Morgan fingerprint density at radius 1 is 1.10 bits per heavy atom. The molecule has 1 unspecified atom stereocenters. The standard InChI is InChI=1S/C15H13N3OS/c1-11-5-4-6-12(9-11)14(15-17-10-19-18-15)20-13-7-2-3-8-16-13/h2-10,14H,1H3. The van der Waals surface area contributed by atoms with E-state index in [1.54, 1.807) is 18.0 Å². The smallest absolute Gasteiger partial charge is 0.213 e. The van der Waals surface area contributed by atoms with E-state index in [0.29, 0.717) is 5.82 Å². The summed E-state index contributed by atoms with van der Waals surface area (Å²) in [5, 5.41) is 4.89. The molecule has 2 aromatic heterocycles. The molecule has 0 spiro atoms. The van der Waals surface area contributed by atoms with Crippen LogP contribution in [0.5, 0.6) is 0 Å². The second-order valence-corrected chi connectivity index (χ2v) is 5.49. The highest BCUT2D eigenvalue weighted by Gasteiger charge is 2.20. The maximum absolute atomic E-state index is 4.89. The van der Waals surface area contributed by atoms with Gasteiger partial charge in [0, 0.05) is 6.20 Å². The fourth-order valence-electron chi connectivity index (χ4n) is 1.93. The quantitative estimate of drug-likeness (QED) is 0.684. The van der Waals surface area contributed by atoms with E-state index >= 15 is 0 Å². The maximum Gasteiger partial charge on any atom is 0.213 e. The van der Waals surface area contributed by atoms with E-state index in [1.165, 1.54) is 12.0 Å². The number of rotatable bonds is 4. The predicted octanol–water partition coefficient (Wildman–Crippen LogP) is 3.65. The van der Waals surface area contributed by atoms with Crippen molar-refractivity contribution in [3.8, 4) is 0 Å².